The maximum absolute atomic E-state index is 12.2. The van der Waals surface area contributed by atoms with Gasteiger partial charge in [-0.15, -0.1) is 16.9 Å². The lowest BCUT2D eigenvalue weighted by Gasteiger charge is -2.20. The van der Waals surface area contributed by atoms with Crippen molar-refractivity contribution in [2.24, 2.45) is 0 Å². The Kier molecular flexibility index (Phi) is 4.08. The van der Waals surface area contributed by atoms with Gasteiger partial charge in [-0.3, -0.25) is 4.79 Å². The Morgan fingerprint density at radius 1 is 1.17 bits per heavy atom. The number of nitrogens with zero attached hydrogens (tertiary/aromatic N) is 4. The number of benzene rings is 1. The average Bonchev–Trinajstić information content (AvgIpc) is 3.32. The van der Waals surface area contributed by atoms with Gasteiger partial charge in [-0.05, 0) is 17.7 Å². The molecule has 1 saturated heterocycles. The number of rotatable bonds is 5. The van der Waals surface area contributed by atoms with Gasteiger partial charge in [-0.25, -0.2) is 4.68 Å². The van der Waals surface area contributed by atoms with E-state index >= 15 is 0 Å². The predicted octanol–water partition coefficient (Wildman–Crippen LogP) is 2.69. The standard InChI is InChI=1S/C17H16N4O2S/c22-16-12-24-17(21(16)10-14-7-4-8-23-14)15-11-20(19-18-15)9-13-5-2-1-3-6-13/h1-8,11,17H,9-10,12H2/t17-/m1/s1. The number of carbonyl (C=O) groups excluding carboxylic acids is 1. The van der Waals surface area contributed by atoms with Crippen molar-refractivity contribution in [2.45, 2.75) is 18.5 Å². The monoisotopic (exact) mass is 340 g/mol. The van der Waals surface area contributed by atoms with Crippen LogP contribution in [0.1, 0.15) is 22.4 Å². The van der Waals surface area contributed by atoms with Crippen LogP contribution in [0.2, 0.25) is 0 Å². The Morgan fingerprint density at radius 3 is 2.83 bits per heavy atom. The summed E-state index contributed by atoms with van der Waals surface area (Å²) in [7, 11) is 0. The van der Waals surface area contributed by atoms with Crippen molar-refractivity contribution in [3.8, 4) is 0 Å². The fourth-order valence-corrected chi connectivity index (χ4v) is 3.83. The van der Waals surface area contributed by atoms with Crippen molar-refractivity contribution in [1.29, 1.82) is 0 Å². The highest BCUT2D eigenvalue weighted by molar-refractivity contribution is 8.00. The Labute approximate surface area is 143 Å². The number of carbonyl (C=O) groups is 1. The molecule has 1 aliphatic rings. The molecule has 0 bridgehead atoms. The van der Waals surface area contributed by atoms with E-state index in [1.165, 1.54) is 0 Å². The maximum atomic E-state index is 12.2. The lowest BCUT2D eigenvalue weighted by Crippen LogP contribution is -2.27. The number of furan rings is 1. The highest BCUT2D eigenvalue weighted by Crippen LogP contribution is 2.38. The molecule has 1 atom stereocenters. The fourth-order valence-electron chi connectivity index (χ4n) is 2.71. The molecule has 1 amide bonds. The molecule has 3 aromatic rings. The zero-order chi connectivity index (χ0) is 16.4. The number of thioether (sulfide) groups is 1. The van der Waals surface area contributed by atoms with Crippen LogP contribution in [0.5, 0.6) is 0 Å². The van der Waals surface area contributed by atoms with Gasteiger partial charge in [0.15, 0.2) is 0 Å². The molecule has 0 unspecified atom stereocenters. The summed E-state index contributed by atoms with van der Waals surface area (Å²) in [6.07, 6.45) is 3.53. The highest BCUT2D eigenvalue weighted by atomic mass is 32.2. The zero-order valence-corrected chi connectivity index (χ0v) is 13.7. The van der Waals surface area contributed by atoms with Crippen molar-refractivity contribution in [3.05, 3.63) is 71.9 Å². The van der Waals surface area contributed by atoms with Crippen LogP contribution in [-0.2, 0) is 17.9 Å². The molecule has 2 aromatic heterocycles. The van der Waals surface area contributed by atoms with Crippen molar-refractivity contribution in [2.75, 3.05) is 5.75 Å². The van der Waals surface area contributed by atoms with E-state index in [-0.39, 0.29) is 11.3 Å². The first-order chi connectivity index (χ1) is 11.8. The average molecular weight is 340 g/mol. The third-order valence-corrected chi connectivity index (χ3v) is 5.10. The lowest BCUT2D eigenvalue weighted by atomic mass is 10.2. The first-order valence-electron chi connectivity index (χ1n) is 7.67. The van der Waals surface area contributed by atoms with Gasteiger partial charge in [0.1, 0.15) is 16.8 Å². The van der Waals surface area contributed by atoms with E-state index in [9.17, 15) is 4.79 Å². The van der Waals surface area contributed by atoms with Gasteiger partial charge in [0.2, 0.25) is 5.91 Å². The third kappa shape index (κ3) is 3.07. The molecule has 1 aliphatic heterocycles. The Balaban J connectivity index is 1.51. The Morgan fingerprint density at radius 2 is 2.04 bits per heavy atom. The summed E-state index contributed by atoms with van der Waals surface area (Å²) in [5.74, 6) is 1.32. The van der Waals surface area contributed by atoms with Crippen LogP contribution in [0.15, 0.2) is 59.3 Å². The minimum Gasteiger partial charge on any atom is -0.467 e. The van der Waals surface area contributed by atoms with Crippen LogP contribution < -0.4 is 0 Å². The minimum absolute atomic E-state index is 0.0963. The Bertz CT molecular complexity index is 816. The topological polar surface area (TPSA) is 64.2 Å². The van der Waals surface area contributed by atoms with Crippen LogP contribution in [0.4, 0.5) is 0 Å². The molecule has 1 aromatic carbocycles. The largest absolute Gasteiger partial charge is 0.467 e. The molecule has 3 heterocycles. The van der Waals surface area contributed by atoms with Crippen molar-refractivity contribution < 1.29 is 9.21 Å². The second-order valence-electron chi connectivity index (χ2n) is 5.59. The summed E-state index contributed by atoms with van der Waals surface area (Å²) in [6, 6.07) is 13.8. The molecule has 7 heteroatoms. The van der Waals surface area contributed by atoms with Crippen LogP contribution >= 0.6 is 11.8 Å². The second-order valence-corrected chi connectivity index (χ2v) is 6.66. The number of amides is 1. The summed E-state index contributed by atoms with van der Waals surface area (Å²) in [5, 5.41) is 8.36. The van der Waals surface area contributed by atoms with Gasteiger partial charge < -0.3 is 9.32 Å². The Hall–Kier alpha value is -2.54. The predicted molar refractivity (Wildman–Crippen MR) is 90.0 cm³/mol. The molecule has 1 fully saturated rings. The van der Waals surface area contributed by atoms with Crippen LogP contribution in [-0.4, -0.2) is 31.6 Å². The minimum atomic E-state index is -0.118. The molecule has 122 valence electrons. The van der Waals surface area contributed by atoms with Gasteiger partial charge in [-0.2, -0.15) is 0 Å². The molecule has 6 nitrogen and oxygen atoms in total. The first kappa shape index (κ1) is 15.0. The van der Waals surface area contributed by atoms with E-state index in [4.69, 9.17) is 4.42 Å². The van der Waals surface area contributed by atoms with Crippen molar-refractivity contribution in [3.63, 3.8) is 0 Å². The van der Waals surface area contributed by atoms with Crippen LogP contribution in [0, 0.1) is 0 Å². The molecule has 0 saturated carbocycles. The highest BCUT2D eigenvalue weighted by Gasteiger charge is 2.35. The van der Waals surface area contributed by atoms with Gasteiger partial charge in [-0.1, -0.05) is 35.5 Å². The molecule has 0 N–H and O–H groups in total. The van der Waals surface area contributed by atoms with Gasteiger partial charge in [0, 0.05) is 0 Å². The summed E-state index contributed by atoms with van der Waals surface area (Å²) >= 11 is 1.57. The molecule has 4 rings (SSSR count). The van der Waals surface area contributed by atoms with E-state index in [2.05, 4.69) is 22.4 Å². The summed E-state index contributed by atoms with van der Waals surface area (Å²) in [5.41, 5.74) is 1.96. The molecule has 0 spiro atoms. The number of hydrogen-bond acceptors (Lipinski definition) is 5. The summed E-state index contributed by atoms with van der Waals surface area (Å²) in [4.78, 5) is 14.0. The molecule has 0 radical (unpaired) electrons. The van der Waals surface area contributed by atoms with Gasteiger partial charge in [0.25, 0.3) is 0 Å². The summed E-state index contributed by atoms with van der Waals surface area (Å²) in [6.45, 7) is 1.12. The second kappa shape index (κ2) is 6.52. The molecule has 0 aliphatic carbocycles. The van der Waals surface area contributed by atoms with E-state index in [1.807, 2.05) is 36.5 Å². The fraction of sp³-hybridized carbons (Fsp3) is 0.235. The maximum Gasteiger partial charge on any atom is 0.234 e. The van der Waals surface area contributed by atoms with Crippen LogP contribution in [0.3, 0.4) is 0 Å². The van der Waals surface area contributed by atoms with Crippen molar-refractivity contribution >= 4 is 17.7 Å². The lowest BCUT2D eigenvalue weighted by molar-refractivity contribution is -0.128. The quantitative estimate of drug-likeness (QED) is 0.714. The molecular formula is C17H16N4O2S. The van der Waals surface area contributed by atoms with E-state index in [0.717, 1.165) is 17.0 Å². The van der Waals surface area contributed by atoms with Gasteiger partial charge >= 0.3 is 0 Å². The SMILES string of the molecule is O=C1CS[C@H](c2cn(Cc3ccccc3)nn2)N1Cc1ccco1. The first-order valence-corrected chi connectivity index (χ1v) is 8.72. The smallest absolute Gasteiger partial charge is 0.234 e. The number of hydrogen-bond donors (Lipinski definition) is 0. The van der Waals surface area contributed by atoms with Gasteiger partial charge in [0.05, 0.1) is 31.3 Å². The van der Waals surface area contributed by atoms with Crippen molar-refractivity contribution in [1.82, 2.24) is 19.9 Å². The zero-order valence-electron chi connectivity index (χ0n) is 12.9. The normalized spacial score (nSPS) is 17.6. The van der Waals surface area contributed by atoms with E-state index in [0.29, 0.717) is 18.8 Å². The number of aromatic nitrogens is 3. The summed E-state index contributed by atoms with van der Waals surface area (Å²) < 4.78 is 7.17. The van der Waals surface area contributed by atoms with E-state index < -0.39 is 0 Å². The third-order valence-electron chi connectivity index (χ3n) is 3.87. The van der Waals surface area contributed by atoms with E-state index in [1.54, 1.807) is 27.6 Å². The molecular weight excluding hydrogens is 324 g/mol. The van der Waals surface area contributed by atoms with Crippen LogP contribution in [0.25, 0.3) is 0 Å². The molecule has 24 heavy (non-hydrogen) atoms.